The normalized spacial score (nSPS) is 27.9. The number of rotatable bonds is 4. The number of aromatic hydroxyl groups is 1. The molecular formula is C10H14FN4O7PS. The largest absolute Gasteiger partial charge is 0.492 e. The number of ether oxygens (including phenoxy) is 1. The van der Waals surface area contributed by atoms with Gasteiger partial charge in [0.2, 0.25) is 5.88 Å². The lowest BCUT2D eigenvalue weighted by molar-refractivity contribution is -0.204. The maximum Gasteiger partial charge on any atom is 0.274 e. The molecule has 2 aromatic rings. The van der Waals surface area contributed by atoms with Gasteiger partial charge in [-0.15, -0.1) is 10.9 Å². The summed E-state index contributed by atoms with van der Waals surface area (Å²) < 4.78 is 19.9. The van der Waals surface area contributed by atoms with Gasteiger partial charge in [-0.25, -0.2) is 9.97 Å². The molecule has 0 bridgehead atoms. The van der Waals surface area contributed by atoms with Crippen LogP contribution in [0.25, 0.3) is 11.2 Å². The highest BCUT2D eigenvalue weighted by atomic mass is 32.5. The fraction of sp³-hybridized carbons (Fsp3) is 0.500. The Morgan fingerprint density at radius 2 is 2.08 bits per heavy atom. The van der Waals surface area contributed by atoms with Gasteiger partial charge in [0.05, 0.1) is 24.3 Å². The number of halogens is 1. The zero-order valence-corrected chi connectivity index (χ0v) is 13.6. The van der Waals surface area contributed by atoms with Crippen molar-refractivity contribution in [3.8, 4) is 5.88 Å². The van der Waals surface area contributed by atoms with E-state index in [1.54, 1.807) is 0 Å². The predicted octanol–water partition coefficient (Wildman–Crippen LogP) is -1.47. The summed E-state index contributed by atoms with van der Waals surface area (Å²) in [5.41, 5.74) is 0.176. The summed E-state index contributed by atoms with van der Waals surface area (Å²) in [5, 5.41) is 18.0. The summed E-state index contributed by atoms with van der Waals surface area (Å²) in [4.78, 5) is 43.1. The Bertz CT molecular complexity index is 792. The molecule has 1 fully saturated rings. The van der Waals surface area contributed by atoms with Crippen molar-refractivity contribution in [2.75, 3.05) is 6.61 Å². The summed E-state index contributed by atoms with van der Waals surface area (Å²) in [6.45, 7) is -4.85. The van der Waals surface area contributed by atoms with Gasteiger partial charge in [0, 0.05) is 0 Å². The van der Waals surface area contributed by atoms with Gasteiger partial charge >= 0.3 is 0 Å². The van der Waals surface area contributed by atoms with Crippen molar-refractivity contribution < 1.29 is 39.1 Å². The molecule has 3 heterocycles. The van der Waals surface area contributed by atoms with Crippen LogP contribution in [-0.4, -0.2) is 68.5 Å². The Morgan fingerprint density at radius 3 is 2.71 bits per heavy atom. The van der Waals surface area contributed by atoms with E-state index >= 15 is 0 Å². The molecule has 0 aliphatic carbocycles. The highest BCUT2D eigenvalue weighted by molar-refractivity contribution is 8.16. The second kappa shape index (κ2) is 6.61. The molecule has 1 aliphatic rings. The fourth-order valence-electron chi connectivity index (χ4n) is 2.53. The van der Waals surface area contributed by atoms with E-state index in [0.29, 0.717) is 0 Å². The predicted molar refractivity (Wildman–Crippen MR) is 80.1 cm³/mol. The van der Waals surface area contributed by atoms with Gasteiger partial charge in [-0.05, 0) is 4.53 Å². The molecule has 134 valence electrons. The van der Waals surface area contributed by atoms with Crippen molar-refractivity contribution in [1.82, 2.24) is 19.5 Å². The number of hydrogen-bond acceptors (Lipinski definition) is 7. The lowest BCUT2D eigenvalue weighted by Crippen LogP contribution is -2.33. The molecule has 1 aliphatic heterocycles. The molecule has 0 aromatic carbocycles. The van der Waals surface area contributed by atoms with E-state index in [-0.39, 0.29) is 28.0 Å². The Kier molecular flexibility index (Phi) is 4.86. The van der Waals surface area contributed by atoms with E-state index in [4.69, 9.17) is 4.74 Å². The lowest BCUT2D eigenvalue weighted by atomic mass is 10.2. The fourth-order valence-corrected chi connectivity index (χ4v) is 5.44. The van der Waals surface area contributed by atoms with E-state index in [9.17, 15) is 29.4 Å². The van der Waals surface area contributed by atoms with E-state index in [1.807, 2.05) is 0 Å². The van der Waals surface area contributed by atoms with Crippen molar-refractivity contribution in [3.05, 3.63) is 12.7 Å². The molecule has 3 rings (SSSR count). The van der Waals surface area contributed by atoms with Crippen LogP contribution in [0.5, 0.6) is 5.88 Å². The number of aliphatic hydroxyl groups excluding tert-OH is 1. The van der Waals surface area contributed by atoms with Gasteiger partial charge < -0.3 is 29.6 Å². The molecule has 14 heteroatoms. The minimum Gasteiger partial charge on any atom is -0.492 e. The van der Waals surface area contributed by atoms with Crippen LogP contribution >= 0.6 is 6.72 Å². The molecule has 0 spiro atoms. The number of imidazole rings is 1. The Labute approximate surface area is 137 Å². The number of thiol groups is 1. The van der Waals surface area contributed by atoms with Gasteiger partial charge in [-0.3, -0.25) is 4.57 Å². The highest BCUT2D eigenvalue weighted by Gasteiger charge is 2.47. The van der Waals surface area contributed by atoms with Crippen molar-refractivity contribution in [2.45, 2.75) is 23.7 Å². The first kappa shape index (κ1) is 17.6. The average Bonchev–Trinajstić information content (AvgIpc) is 3.07. The van der Waals surface area contributed by atoms with Crippen LogP contribution in [0.3, 0.4) is 0 Å². The van der Waals surface area contributed by atoms with Crippen molar-refractivity contribution in [1.29, 1.82) is 0 Å². The average molecular weight is 384 g/mol. The van der Waals surface area contributed by atoms with Gasteiger partial charge in [0.15, 0.2) is 23.5 Å². The topological polar surface area (TPSA) is 163 Å². The monoisotopic (exact) mass is 384 g/mol. The third-order valence-electron chi connectivity index (χ3n) is 3.50. The Morgan fingerprint density at radius 1 is 1.33 bits per heavy atom. The number of fused-ring (bicyclic) bond motifs is 1. The zero-order chi connectivity index (χ0) is 17.5. The third-order valence-corrected chi connectivity index (χ3v) is 6.43. The number of aromatic nitrogens is 4. The molecule has 1 saturated heterocycles. The molecule has 0 saturated carbocycles. The number of nitrogens with zero attached hydrogens (tertiary/aromatic N) is 4. The minimum absolute atomic E-state index is 0.0496. The summed E-state index contributed by atoms with van der Waals surface area (Å²) in [5.74, 6) is -0.381. The van der Waals surface area contributed by atoms with E-state index in [0.717, 1.165) is 6.33 Å². The van der Waals surface area contributed by atoms with Gasteiger partial charge in [-0.1, -0.05) is 0 Å². The summed E-state index contributed by atoms with van der Waals surface area (Å²) in [7, 11) is -0.326. The molecular weight excluding hydrogens is 370 g/mol. The zero-order valence-electron chi connectivity index (χ0n) is 11.8. The number of aliphatic hydroxyl groups is 1. The van der Waals surface area contributed by atoms with Crippen LogP contribution in [0.2, 0.25) is 0 Å². The van der Waals surface area contributed by atoms with Crippen LogP contribution in [0, 0.1) is 0 Å². The van der Waals surface area contributed by atoms with Crippen molar-refractivity contribution in [2.24, 2.45) is 0 Å². The first-order valence-electron chi connectivity index (χ1n) is 6.55. The van der Waals surface area contributed by atoms with E-state index in [2.05, 4.69) is 19.9 Å². The van der Waals surface area contributed by atoms with E-state index in [1.165, 1.54) is 10.9 Å². The van der Waals surface area contributed by atoms with Crippen LogP contribution < -0.4 is 0 Å². The summed E-state index contributed by atoms with van der Waals surface area (Å²) in [6.07, 6.45) is -1.31. The second-order valence-corrected chi connectivity index (χ2v) is 9.17. The quantitative estimate of drug-likeness (QED) is 0.271. The first-order chi connectivity index (χ1) is 11.4. The molecule has 0 radical (unpaired) electrons. The van der Waals surface area contributed by atoms with Crippen LogP contribution in [0.4, 0.5) is 4.53 Å². The van der Waals surface area contributed by atoms with Gasteiger partial charge in [0.25, 0.3) is 6.72 Å². The van der Waals surface area contributed by atoms with Crippen LogP contribution in [0.1, 0.15) is 6.23 Å². The SMILES string of the molecule is OC[C@H]1O[C@@H](n2cnc3c(O)ncnc32)[C@@H](OF)[C@H]1[SH]=P(O)(O)O. The highest BCUT2D eigenvalue weighted by Crippen LogP contribution is 2.41. The molecule has 11 nitrogen and oxygen atoms in total. The molecule has 0 amide bonds. The smallest absolute Gasteiger partial charge is 0.274 e. The Balaban J connectivity index is 2.05. The van der Waals surface area contributed by atoms with Gasteiger partial charge in [-0.2, -0.15) is 9.93 Å². The summed E-state index contributed by atoms with van der Waals surface area (Å²) in [6, 6.07) is 0. The lowest BCUT2D eigenvalue weighted by Gasteiger charge is -2.19. The van der Waals surface area contributed by atoms with Crippen LogP contribution in [0.15, 0.2) is 12.7 Å². The maximum atomic E-state index is 13.1. The summed E-state index contributed by atoms with van der Waals surface area (Å²) >= 11 is 0. The van der Waals surface area contributed by atoms with Crippen molar-refractivity contribution >= 4 is 28.8 Å². The second-order valence-electron chi connectivity index (χ2n) is 4.97. The minimum atomic E-state index is -4.28. The maximum absolute atomic E-state index is 13.1. The molecule has 24 heavy (non-hydrogen) atoms. The molecule has 5 N–H and O–H groups in total. The number of hydrogen-bond donors (Lipinski definition) is 6. The standard InChI is InChI=1S/C10H14FN4O7PS/c11-22-6-7(24-23(18,19)20)4(1-16)21-10(6)15-3-14-5-8(15)12-2-13-9(5)17/h2-4,6-7,10,16,18-20,24H,1H2,(H,12,13,17)/t4-,6+,7+,10-/m1/s1. The van der Waals surface area contributed by atoms with Crippen LogP contribution in [-0.2, 0) is 20.6 Å². The molecule has 2 aromatic heterocycles. The third kappa shape index (κ3) is 3.17. The molecule has 0 unspecified atom stereocenters. The van der Waals surface area contributed by atoms with Crippen molar-refractivity contribution in [3.63, 3.8) is 0 Å². The first-order valence-corrected chi connectivity index (χ1v) is 9.87. The van der Waals surface area contributed by atoms with E-state index < -0.39 is 37.0 Å². The van der Waals surface area contributed by atoms with Gasteiger partial charge in [0.1, 0.15) is 6.33 Å². The molecule has 4 atom stereocenters. The Hall–Kier alpha value is -1.18.